The van der Waals surface area contributed by atoms with E-state index in [1.807, 2.05) is 14.1 Å². The van der Waals surface area contributed by atoms with Gasteiger partial charge in [-0.25, -0.2) is 8.42 Å². The zero-order valence-corrected chi connectivity index (χ0v) is 24.2. The minimum absolute atomic E-state index is 0.0560. The molecule has 0 spiro atoms. The van der Waals surface area contributed by atoms with Crippen molar-refractivity contribution in [1.29, 1.82) is 0 Å². The third-order valence-corrected chi connectivity index (χ3v) is 10.7. The molecule has 0 saturated carbocycles. The van der Waals surface area contributed by atoms with E-state index in [-0.39, 0.29) is 47.2 Å². The summed E-state index contributed by atoms with van der Waals surface area (Å²) in [7, 11) is 0.423. The Hall–Kier alpha value is -2.26. The molecule has 0 aliphatic carbocycles. The number of hydrogen-bond donors (Lipinski definition) is 2. The van der Waals surface area contributed by atoms with Crippen LogP contribution in [0.15, 0.2) is 50.7 Å². The molecule has 0 saturated heterocycles. The third-order valence-electron chi connectivity index (χ3n) is 5.65. The van der Waals surface area contributed by atoms with Gasteiger partial charge in [-0.15, -0.1) is 11.3 Å². The Bertz CT molecular complexity index is 1480. The maximum Gasteiger partial charge on any atom is 0.294 e. The quantitative estimate of drug-likeness (QED) is 0.181. The Morgan fingerprint density at radius 2 is 1.97 bits per heavy atom. The molecular weight excluding hydrogens is 593 g/mol. The summed E-state index contributed by atoms with van der Waals surface area (Å²) in [5.74, 6) is -0.662. The van der Waals surface area contributed by atoms with E-state index in [4.69, 9.17) is 23.2 Å². The number of benzene rings is 1. The van der Waals surface area contributed by atoms with Gasteiger partial charge in [0.2, 0.25) is 0 Å². The lowest BCUT2D eigenvalue weighted by Gasteiger charge is -2.14. The van der Waals surface area contributed by atoms with E-state index in [2.05, 4.69) is 20.5 Å². The first-order valence-corrected chi connectivity index (χ1v) is 15.3. The van der Waals surface area contributed by atoms with Gasteiger partial charge in [0, 0.05) is 30.2 Å². The Labute approximate surface area is 237 Å². The number of anilines is 1. The minimum Gasteiger partial charge on any atom is -0.321 e. The molecule has 2 N–H and O–H groups in total. The number of pyridine rings is 1. The number of carbonyl (C=O) groups excluding carboxylic acids is 1. The van der Waals surface area contributed by atoms with Gasteiger partial charge in [-0.05, 0) is 51.3 Å². The summed E-state index contributed by atoms with van der Waals surface area (Å²) in [6, 6.07) is 5.58. The number of amides is 1. The van der Waals surface area contributed by atoms with Crippen molar-refractivity contribution in [2.75, 3.05) is 38.3 Å². The van der Waals surface area contributed by atoms with E-state index in [1.54, 1.807) is 12.1 Å². The molecule has 15 heteroatoms. The summed E-state index contributed by atoms with van der Waals surface area (Å²) in [5, 5.41) is 18.1. The van der Waals surface area contributed by atoms with Crippen molar-refractivity contribution in [2.24, 2.45) is 0 Å². The van der Waals surface area contributed by atoms with Crippen molar-refractivity contribution in [3.63, 3.8) is 0 Å². The molecule has 1 aromatic carbocycles. The van der Waals surface area contributed by atoms with E-state index < -0.39 is 20.7 Å². The molecule has 0 bridgehead atoms. The maximum absolute atomic E-state index is 13.0. The monoisotopic (exact) mass is 615 g/mol. The number of nitrogens with one attached hydrogen (secondary N) is 2. The number of nitrogens with zero attached hydrogens (tertiary/aromatic N) is 3. The molecule has 202 valence electrons. The number of rotatable bonds is 10. The van der Waals surface area contributed by atoms with Crippen LogP contribution in [0.5, 0.6) is 0 Å². The van der Waals surface area contributed by atoms with Crippen LogP contribution >= 0.6 is 46.3 Å². The number of nitro groups is 1. The number of aromatic nitrogens is 1. The predicted molar refractivity (Wildman–Crippen MR) is 150 cm³/mol. The van der Waals surface area contributed by atoms with E-state index in [1.165, 1.54) is 24.5 Å². The molecule has 1 aliphatic rings. The number of sulfone groups is 1. The van der Waals surface area contributed by atoms with Gasteiger partial charge in [-0.1, -0.05) is 41.0 Å². The average Bonchev–Trinajstić information content (AvgIpc) is 3.38. The van der Waals surface area contributed by atoms with Crippen LogP contribution in [0, 0.1) is 10.1 Å². The Morgan fingerprint density at radius 1 is 1.26 bits per heavy atom. The highest BCUT2D eigenvalue weighted by atomic mass is 35.5. The third kappa shape index (κ3) is 6.47. The Kier molecular flexibility index (Phi) is 8.97. The van der Waals surface area contributed by atoms with Crippen LogP contribution in [-0.2, 0) is 9.84 Å². The standard InChI is InChI=1S/C23H23Cl2N5O5S3/c1-29(2)7-3-6-27-17-12-38(34,35)20-8-13(4-5-14(17)20)28-22(31)19-9-18(30(32)33)23(36-19)37-21-15(24)10-26-11-16(21)25/h4-5,8-11,17,27H,3,6-7,12H2,1-2H3,(H,28,31). The van der Waals surface area contributed by atoms with Gasteiger partial charge in [-0.3, -0.25) is 19.9 Å². The first kappa shape index (κ1) is 28.7. The lowest BCUT2D eigenvalue weighted by molar-refractivity contribution is -0.387. The molecule has 2 aromatic heterocycles. The molecule has 0 fully saturated rings. The SMILES string of the molecule is CN(C)CCCNC1CS(=O)(=O)c2cc(NC(=O)c3cc([N+](=O)[O-])c(Sc4c(Cl)cncc4Cl)s3)ccc21. The topological polar surface area (TPSA) is 135 Å². The van der Waals surface area contributed by atoms with Crippen molar-refractivity contribution < 1.29 is 18.1 Å². The summed E-state index contributed by atoms with van der Waals surface area (Å²) in [5.41, 5.74) is 0.661. The lowest BCUT2D eigenvalue weighted by atomic mass is 10.1. The first-order chi connectivity index (χ1) is 18.0. The molecule has 0 radical (unpaired) electrons. The van der Waals surface area contributed by atoms with Crippen molar-refractivity contribution in [2.45, 2.75) is 26.5 Å². The smallest absolute Gasteiger partial charge is 0.294 e. The summed E-state index contributed by atoms with van der Waals surface area (Å²) >= 11 is 14.2. The van der Waals surface area contributed by atoms with Gasteiger partial charge >= 0.3 is 0 Å². The fourth-order valence-electron chi connectivity index (χ4n) is 3.87. The van der Waals surface area contributed by atoms with E-state index >= 15 is 0 Å². The average molecular weight is 617 g/mol. The highest BCUT2D eigenvalue weighted by molar-refractivity contribution is 8.01. The van der Waals surface area contributed by atoms with Crippen molar-refractivity contribution >= 4 is 73.4 Å². The molecular formula is C23H23Cl2N5O5S3. The number of thiophene rings is 1. The van der Waals surface area contributed by atoms with Gasteiger partial charge < -0.3 is 15.5 Å². The van der Waals surface area contributed by atoms with E-state index in [0.717, 1.165) is 36.1 Å². The normalized spacial score (nSPS) is 16.0. The molecule has 3 heterocycles. The number of carbonyl (C=O) groups is 1. The van der Waals surface area contributed by atoms with Gasteiger partial charge in [0.15, 0.2) is 9.84 Å². The second-order valence-corrected chi connectivity index (χ2v) is 13.9. The summed E-state index contributed by atoms with van der Waals surface area (Å²) in [6.45, 7) is 1.55. The second-order valence-electron chi connectivity index (χ2n) is 8.73. The minimum atomic E-state index is -3.53. The van der Waals surface area contributed by atoms with Gasteiger partial charge in [0.05, 0.1) is 30.5 Å². The molecule has 10 nitrogen and oxygen atoms in total. The highest BCUT2D eigenvalue weighted by Gasteiger charge is 2.35. The second kappa shape index (κ2) is 11.9. The fourth-order valence-corrected chi connectivity index (χ4v) is 8.42. The zero-order chi connectivity index (χ0) is 27.6. The number of fused-ring (bicyclic) bond motifs is 1. The fraction of sp³-hybridized carbons (Fsp3) is 0.304. The molecule has 1 unspecified atom stereocenters. The lowest BCUT2D eigenvalue weighted by Crippen LogP contribution is -2.26. The van der Waals surface area contributed by atoms with Crippen molar-refractivity contribution in [3.8, 4) is 0 Å². The zero-order valence-electron chi connectivity index (χ0n) is 20.2. The molecule has 3 aromatic rings. The van der Waals surface area contributed by atoms with Gasteiger partial charge in [0.25, 0.3) is 11.6 Å². The largest absolute Gasteiger partial charge is 0.321 e. The van der Waals surface area contributed by atoms with Gasteiger partial charge in [-0.2, -0.15) is 0 Å². The highest BCUT2D eigenvalue weighted by Crippen LogP contribution is 2.46. The van der Waals surface area contributed by atoms with Crippen molar-refractivity contribution in [3.05, 3.63) is 67.3 Å². The number of hydrogen-bond acceptors (Lipinski definition) is 10. The molecule has 1 aliphatic heterocycles. The number of halogens is 2. The van der Waals surface area contributed by atoms with Crippen LogP contribution in [0.1, 0.15) is 27.7 Å². The Morgan fingerprint density at radius 3 is 2.63 bits per heavy atom. The van der Waals surface area contributed by atoms with Crippen LogP contribution in [0.3, 0.4) is 0 Å². The predicted octanol–water partition coefficient (Wildman–Crippen LogP) is 5.13. The molecule has 1 amide bonds. The first-order valence-electron chi connectivity index (χ1n) is 11.3. The van der Waals surface area contributed by atoms with Crippen LogP contribution in [0.25, 0.3) is 0 Å². The van der Waals surface area contributed by atoms with Crippen LogP contribution in [0.4, 0.5) is 11.4 Å². The summed E-state index contributed by atoms with van der Waals surface area (Å²) in [4.78, 5) is 30.6. The molecule has 1 atom stereocenters. The van der Waals surface area contributed by atoms with Crippen LogP contribution < -0.4 is 10.6 Å². The summed E-state index contributed by atoms with van der Waals surface area (Å²) in [6.07, 6.45) is 3.61. The van der Waals surface area contributed by atoms with Crippen molar-refractivity contribution in [1.82, 2.24) is 15.2 Å². The maximum atomic E-state index is 13.0. The van der Waals surface area contributed by atoms with E-state index in [0.29, 0.717) is 17.0 Å². The summed E-state index contributed by atoms with van der Waals surface area (Å²) < 4.78 is 25.8. The van der Waals surface area contributed by atoms with Crippen LogP contribution in [0.2, 0.25) is 10.0 Å². The van der Waals surface area contributed by atoms with Gasteiger partial charge in [0.1, 0.15) is 9.09 Å². The van der Waals surface area contributed by atoms with E-state index in [9.17, 15) is 23.3 Å². The Balaban J connectivity index is 1.52. The van der Waals surface area contributed by atoms with Crippen LogP contribution in [-0.4, -0.2) is 62.1 Å². The molecule has 38 heavy (non-hydrogen) atoms. The molecule has 4 rings (SSSR count).